The average molecular weight is 263 g/mol. The van der Waals surface area contributed by atoms with Crippen molar-refractivity contribution in [2.75, 3.05) is 19.8 Å². The zero-order chi connectivity index (χ0) is 14.3. The van der Waals surface area contributed by atoms with Crippen LogP contribution in [-0.2, 0) is 4.74 Å². The smallest absolute Gasteiger partial charge is 0.0661 e. The van der Waals surface area contributed by atoms with Gasteiger partial charge >= 0.3 is 0 Å². The summed E-state index contributed by atoms with van der Waals surface area (Å²) in [6.45, 7) is 13.5. The van der Waals surface area contributed by atoms with Crippen LogP contribution in [0.5, 0.6) is 0 Å². The van der Waals surface area contributed by atoms with Crippen molar-refractivity contribution < 1.29 is 4.74 Å². The molecule has 0 aliphatic rings. The summed E-state index contributed by atoms with van der Waals surface area (Å²) in [5, 5.41) is 3.55. The van der Waals surface area contributed by atoms with Crippen LogP contribution in [0.3, 0.4) is 0 Å². The molecule has 0 aliphatic carbocycles. The monoisotopic (exact) mass is 263 g/mol. The first kappa shape index (κ1) is 16.2. The van der Waals surface area contributed by atoms with E-state index in [1.807, 2.05) is 0 Å². The summed E-state index contributed by atoms with van der Waals surface area (Å²) in [5.74, 6) is 0. The first-order valence-electron chi connectivity index (χ1n) is 7.49. The van der Waals surface area contributed by atoms with Crippen LogP contribution in [-0.4, -0.2) is 19.8 Å². The van der Waals surface area contributed by atoms with E-state index in [0.717, 1.165) is 26.2 Å². The van der Waals surface area contributed by atoms with Gasteiger partial charge in [0, 0.05) is 6.61 Å². The number of rotatable bonds is 8. The van der Waals surface area contributed by atoms with Crippen LogP contribution in [0.25, 0.3) is 0 Å². The van der Waals surface area contributed by atoms with Crippen molar-refractivity contribution in [3.8, 4) is 0 Å². The van der Waals surface area contributed by atoms with E-state index in [9.17, 15) is 0 Å². The highest BCUT2D eigenvalue weighted by Crippen LogP contribution is 2.24. The molecule has 1 N–H and O–H groups in total. The van der Waals surface area contributed by atoms with Crippen LogP contribution in [0.2, 0.25) is 0 Å². The molecule has 1 unspecified atom stereocenters. The Kier molecular flexibility index (Phi) is 7.11. The molecule has 2 heteroatoms. The van der Waals surface area contributed by atoms with E-state index >= 15 is 0 Å². The minimum absolute atomic E-state index is 0.308. The van der Waals surface area contributed by atoms with Crippen LogP contribution < -0.4 is 5.32 Å². The summed E-state index contributed by atoms with van der Waals surface area (Å²) in [7, 11) is 0. The zero-order valence-electron chi connectivity index (χ0n) is 13.2. The Labute approximate surface area is 118 Å². The van der Waals surface area contributed by atoms with E-state index in [-0.39, 0.29) is 0 Å². The maximum Gasteiger partial charge on any atom is 0.0661 e. The zero-order valence-corrected chi connectivity index (χ0v) is 13.2. The Balaban J connectivity index is 2.80. The molecule has 0 saturated heterocycles. The molecule has 0 saturated carbocycles. The van der Waals surface area contributed by atoms with E-state index in [1.165, 1.54) is 28.7 Å². The maximum absolute atomic E-state index is 5.82. The number of unbranched alkanes of at least 4 members (excludes halogenated alkanes) is 1. The topological polar surface area (TPSA) is 21.3 Å². The largest absolute Gasteiger partial charge is 0.379 e. The van der Waals surface area contributed by atoms with Gasteiger partial charge in [-0.1, -0.05) is 38.0 Å². The van der Waals surface area contributed by atoms with Crippen molar-refractivity contribution in [2.45, 2.75) is 53.5 Å². The number of ether oxygens (including phenoxy) is 1. The Hall–Kier alpha value is -0.860. The lowest BCUT2D eigenvalue weighted by molar-refractivity contribution is 0.109. The molecular formula is C17H29NO. The molecule has 1 aromatic rings. The lowest BCUT2D eigenvalue weighted by atomic mass is 9.94. The lowest BCUT2D eigenvalue weighted by Gasteiger charge is -2.23. The lowest BCUT2D eigenvalue weighted by Crippen LogP contribution is -2.27. The highest BCUT2D eigenvalue weighted by molar-refractivity contribution is 5.39. The summed E-state index contributed by atoms with van der Waals surface area (Å²) >= 11 is 0. The van der Waals surface area contributed by atoms with Gasteiger partial charge in [-0.05, 0) is 50.4 Å². The Morgan fingerprint density at radius 3 is 2.26 bits per heavy atom. The third kappa shape index (κ3) is 4.96. The quantitative estimate of drug-likeness (QED) is 0.714. The highest BCUT2D eigenvalue weighted by atomic mass is 16.5. The van der Waals surface area contributed by atoms with Crippen LogP contribution >= 0.6 is 0 Å². The summed E-state index contributed by atoms with van der Waals surface area (Å²) in [5.41, 5.74) is 5.47. The number of hydrogen-bond donors (Lipinski definition) is 1. The molecule has 0 aromatic heterocycles. The Bertz CT molecular complexity index is 364. The van der Waals surface area contributed by atoms with E-state index in [2.05, 4.69) is 52.1 Å². The first-order chi connectivity index (χ1) is 9.10. The molecule has 1 aromatic carbocycles. The molecule has 0 aliphatic heterocycles. The van der Waals surface area contributed by atoms with Crippen molar-refractivity contribution in [2.24, 2.45) is 0 Å². The van der Waals surface area contributed by atoms with Crippen LogP contribution in [0.4, 0.5) is 0 Å². The van der Waals surface area contributed by atoms with E-state index in [0.29, 0.717) is 6.04 Å². The summed E-state index contributed by atoms with van der Waals surface area (Å²) in [4.78, 5) is 0. The van der Waals surface area contributed by atoms with Crippen molar-refractivity contribution in [1.82, 2.24) is 5.32 Å². The van der Waals surface area contributed by atoms with Gasteiger partial charge < -0.3 is 10.1 Å². The second-order valence-corrected chi connectivity index (χ2v) is 5.35. The Morgan fingerprint density at radius 2 is 1.74 bits per heavy atom. The number of likely N-dealkylation sites (N-methyl/N-ethyl adjacent to an activating group) is 1. The summed E-state index contributed by atoms with van der Waals surface area (Å²) in [6.07, 6.45) is 2.33. The third-order valence-electron chi connectivity index (χ3n) is 3.46. The number of benzene rings is 1. The SMILES string of the molecule is CCCCOCC(NCC)c1c(C)cc(C)cc1C. The van der Waals surface area contributed by atoms with Gasteiger partial charge in [-0.3, -0.25) is 0 Å². The molecular weight excluding hydrogens is 234 g/mol. The minimum atomic E-state index is 0.308. The molecule has 2 nitrogen and oxygen atoms in total. The number of hydrogen-bond acceptors (Lipinski definition) is 2. The summed E-state index contributed by atoms with van der Waals surface area (Å²) < 4.78 is 5.82. The number of nitrogens with one attached hydrogen (secondary N) is 1. The molecule has 1 rings (SSSR count). The minimum Gasteiger partial charge on any atom is -0.379 e. The molecule has 19 heavy (non-hydrogen) atoms. The van der Waals surface area contributed by atoms with Gasteiger partial charge in [0.15, 0.2) is 0 Å². The standard InChI is InChI=1S/C17H29NO/c1-6-8-9-19-12-16(18-7-2)17-14(4)10-13(3)11-15(17)5/h10-11,16,18H,6-9,12H2,1-5H3. The molecule has 0 fully saturated rings. The van der Waals surface area contributed by atoms with Crippen molar-refractivity contribution >= 4 is 0 Å². The average Bonchev–Trinajstić information content (AvgIpc) is 2.33. The first-order valence-corrected chi connectivity index (χ1v) is 7.49. The Morgan fingerprint density at radius 1 is 1.11 bits per heavy atom. The van der Waals surface area contributed by atoms with Gasteiger partial charge in [0.1, 0.15) is 0 Å². The maximum atomic E-state index is 5.82. The van der Waals surface area contributed by atoms with Crippen LogP contribution in [0.1, 0.15) is 55.0 Å². The van der Waals surface area contributed by atoms with E-state index in [4.69, 9.17) is 4.74 Å². The molecule has 1 atom stereocenters. The third-order valence-corrected chi connectivity index (χ3v) is 3.46. The number of aryl methyl sites for hydroxylation is 3. The van der Waals surface area contributed by atoms with E-state index < -0.39 is 0 Å². The molecule has 108 valence electrons. The van der Waals surface area contributed by atoms with Gasteiger partial charge in [-0.15, -0.1) is 0 Å². The molecule has 0 bridgehead atoms. The fourth-order valence-electron chi connectivity index (χ4n) is 2.68. The molecule has 0 radical (unpaired) electrons. The van der Waals surface area contributed by atoms with Gasteiger partial charge in [0.25, 0.3) is 0 Å². The second kappa shape index (κ2) is 8.34. The molecule has 0 amide bonds. The second-order valence-electron chi connectivity index (χ2n) is 5.35. The fourth-order valence-corrected chi connectivity index (χ4v) is 2.68. The highest BCUT2D eigenvalue weighted by Gasteiger charge is 2.15. The molecule has 0 spiro atoms. The van der Waals surface area contributed by atoms with Gasteiger partial charge in [-0.25, -0.2) is 0 Å². The summed E-state index contributed by atoms with van der Waals surface area (Å²) in [6, 6.07) is 4.83. The van der Waals surface area contributed by atoms with Crippen LogP contribution in [0.15, 0.2) is 12.1 Å². The van der Waals surface area contributed by atoms with Crippen LogP contribution in [0, 0.1) is 20.8 Å². The predicted octanol–water partition coefficient (Wildman–Crippen LogP) is 4.08. The predicted molar refractivity (Wildman–Crippen MR) is 82.8 cm³/mol. The van der Waals surface area contributed by atoms with Gasteiger partial charge in [0.2, 0.25) is 0 Å². The van der Waals surface area contributed by atoms with Crippen molar-refractivity contribution in [3.63, 3.8) is 0 Å². The van der Waals surface area contributed by atoms with Crippen molar-refractivity contribution in [1.29, 1.82) is 0 Å². The normalized spacial score (nSPS) is 12.7. The van der Waals surface area contributed by atoms with Gasteiger partial charge in [-0.2, -0.15) is 0 Å². The van der Waals surface area contributed by atoms with E-state index in [1.54, 1.807) is 0 Å². The van der Waals surface area contributed by atoms with Gasteiger partial charge in [0.05, 0.1) is 12.6 Å². The fraction of sp³-hybridized carbons (Fsp3) is 0.647. The van der Waals surface area contributed by atoms with Crippen molar-refractivity contribution in [3.05, 3.63) is 34.4 Å². The molecule has 0 heterocycles.